The van der Waals surface area contributed by atoms with Gasteiger partial charge in [-0.25, -0.2) is 15.0 Å². The summed E-state index contributed by atoms with van der Waals surface area (Å²) in [6, 6.07) is 9.58. The molecule has 7 heteroatoms. The van der Waals surface area contributed by atoms with Gasteiger partial charge in [0.1, 0.15) is 11.3 Å². The van der Waals surface area contributed by atoms with Crippen molar-refractivity contribution in [2.75, 3.05) is 11.9 Å². The average molecular weight is 403 g/mol. The Kier molecular flexibility index (Phi) is 5.61. The van der Waals surface area contributed by atoms with Crippen LogP contribution in [0.25, 0.3) is 22.6 Å². The Morgan fingerprint density at radius 1 is 1.07 bits per heavy atom. The van der Waals surface area contributed by atoms with E-state index in [0.29, 0.717) is 12.4 Å². The van der Waals surface area contributed by atoms with Crippen molar-refractivity contribution in [2.24, 2.45) is 0 Å². The summed E-state index contributed by atoms with van der Waals surface area (Å²) in [4.78, 5) is 18.5. The lowest BCUT2D eigenvalue weighted by Crippen LogP contribution is -2.09. The van der Waals surface area contributed by atoms with Crippen LogP contribution in [0.4, 0.5) is 5.82 Å². The van der Waals surface area contributed by atoms with Crippen LogP contribution in [0.15, 0.2) is 49.1 Å². The number of nitrogens with one attached hydrogen (secondary N) is 1. The van der Waals surface area contributed by atoms with E-state index in [0.717, 1.165) is 46.5 Å². The van der Waals surface area contributed by atoms with Gasteiger partial charge in [0.15, 0.2) is 17.3 Å². The number of pyridine rings is 1. The maximum Gasteiger partial charge on any atom is 0.166 e. The molecule has 0 radical (unpaired) electrons. The molecule has 30 heavy (non-hydrogen) atoms. The molecule has 3 heterocycles. The molecule has 0 saturated heterocycles. The smallest absolute Gasteiger partial charge is 0.166 e. The van der Waals surface area contributed by atoms with Crippen LogP contribution in [0, 0.1) is 0 Å². The highest BCUT2D eigenvalue weighted by Gasteiger charge is 2.16. The molecular formula is C23H26N6O. The highest BCUT2D eigenvalue weighted by atomic mass is 16.3. The monoisotopic (exact) mass is 402 g/mol. The fourth-order valence-electron chi connectivity index (χ4n) is 3.34. The number of phenols is 1. The van der Waals surface area contributed by atoms with E-state index in [-0.39, 0.29) is 11.8 Å². The lowest BCUT2D eigenvalue weighted by Gasteiger charge is -2.11. The number of phenolic OH excluding ortho intramolecular Hbond substituents is 1. The highest BCUT2D eigenvalue weighted by Crippen LogP contribution is 2.26. The zero-order valence-electron chi connectivity index (χ0n) is 17.5. The second-order valence-corrected chi connectivity index (χ2v) is 7.59. The molecule has 154 valence electrons. The van der Waals surface area contributed by atoms with Crippen LogP contribution in [0.5, 0.6) is 5.75 Å². The summed E-state index contributed by atoms with van der Waals surface area (Å²) < 4.78 is 2.06. The van der Waals surface area contributed by atoms with Crippen molar-refractivity contribution in [3.05, 3.63) is 60.2 Å². The van der Waals surface area contributed by atoms with E-state index < -0.39 is 0 Å². The first kappa shape index (κ1) is 19.8. The number of aromatic hydroxyl groups is 1. The highest BCUT2D eigenvalue weighted by molar-refractivity contribution is 5.85. The van der Waals surface area contributed by atoms with E-state index in [9.17, 15) is 5.11 Å². The number of benzene rings is 1. The molecule has 0 unspecified atom stereocenters. The summed E-state index contributed by atoms with van der Waals surface area (Å²) in [7, 11) is 0. The van der Waals surface area contributed by atoms with E-state index >= 15 is 0 Å². The molecule has 3 aromatic heterocycles. The van der Waals surface area contributed by atoms with Gasteiger partial charge >= 0.3 is 0 Å². The zero-order valence-corrected chi connectivity index (χ0v) is 17.5. The summed E-state index contributed by atoms with van der Waals surface area (Å²) in [5.74, 6) is 1.63. The summed E-state index contributed by atoms with van der Waals surface area (Å²) in [5, 5.41) is 12.9. The van der Waals surface area contributed by atoms with Crippen molar-refractivity contribution in [3.8, 4) is 17.1 Å². The first-order valence-electron chi connectivity index (χ1n) is 10.3. The van der Waals surface area contributed by atoms with Crippen LogP contribution in [0.2, 0.25) is 0 Å². The van der Waals surface area contributed by atoms with Crippen molar-refractivity contribution in [1.29, 1.82) is 0 Å². The molecule has 7 nitrogen and oxygen atoms in total. The fourth-order valence-corrected chi connectivity index (χ4v) is 3.34. The van der Waals surface area contributed by atoms with E-state index in [4.69, 9.17) is 9.97 Å². The number of aryl methyl sites for hydroxylation is 1. The van der Waals surface area contributed by atoms with Crippen LogP contribution in [-0.2, 0) is 12.8 Å². The van der Waals surface area contributed by atoms with Crippen molar-refractivity contribution in [3.63, 3.8) is 0 Å². The lowest BCUT2D eigenvalue weighted by atomic mass is 10.1. The Bertz CT molecular complexity index is 1150. The first-order valence-corrected chi connectivity index (χ1v) is 10.3. The summed E-state index contributed by atoms with van der Waals surface area (Å²) >= 11 is 0. The molecule has 0 saturated carbocycles. The Labute approximate surface area is 175 Å². The number of hydrogen-bond donors (Lipinski definition) is 2. The van der Waals surface area contributed by atoms with Crippen LogP contribution < -0.4 is 5.32 Å². The zero-order chi connectivity index (χ0) is 21.1. The van der Waals surface area contributed by atoms with Gasteiger partial charge in [-0.05, 0) is 56.0 Å². The minimum atomic E-state index is 0.239. The van der Waals surface area contributed by atoms with Gasteiger partial charge in [0, 0.05) is 30.5 Å². The van der Waals surface area contributed by atoms with Gasteiger partial charge in [-0.1, -0.05) is 19.1 Å². The average Bonchev–Trinajstić information content (AvgIpc) is 3.20. The minimum absolute atomic E-state index is 0.239. The Balaban J connectivity index is 1.68. The van der Waals surface area contributed by atoms with Gasteiger partial charge in [0.25, 0.3) is 0 Å². The van der Waals surface area contributed by atoms with Crippen LogP contribution in [0.1, 0.15) is 37.9 Å². The van der Waals surface area contributed by atoms with Gasteiger partial charge in [0.2, 0.25) is 0 Å². The maximum absolute atomic E-state index is 9.45. The summed E-state index contributed by atoms with van der Waals surface area (Å²) in [6.45, 7) is 7.02. The second kappa shape index (κ2) is 8.49. The van der Waals surface area contributed by atoms with E-state index in [1.165, 1.54) is 0 Å². The molecule has 4 rings (SSSR count). The maximum atomic E-state index is 9.45. The standard InChI is InChI=1S/C23H26N6O/c1-4-16-11-18(13-24-12-16)21-27-22(20-23(28-21)29(14-26-20)15(2)3)25-10-9-17-5-7-19(30)8-6-17/h5-8,11-15,30H,4,9-10H2,1-3H3,(H,25,27,28). The molecule has 0 aliphatic heterocycles. The van der Waals surface area contributed by atoms with Gasteiger partial charge in [-0.2, -0.15) is 0 Å². The third-order valence-electron chi connectivity index (χ3n) is 5.08. The number of anilines is 1. The molecule has 0 aliphatic rings. The van der Waals surface area contributed by atoms with Crippen molar-refractivity contribution < 1.29 is 5.11 Å². The number of imidazole rings is 1. The van der Waals surface area contributed by atoms with E-state index in [1.807, 2.05) is 24.7 Å². The quantitative estimate of drug-likeness (QED) is 0.477. The van der Waals surface area contributed by atoms with Gasteiger partial charge in [0.05, 0.1) is 6.33 Å². The largest absolute Gasteiger partial charge is 0.508 e. The van der Waals surface area contributed by atoms with Gasteiger partial charge < -0.3 is 15.0 Å². The molecule has 0 bridgehead atoms. The van der Waals surface area contributed by atoms with Gasteiger partial charge in [-0.3, -0.25) is 4.98 Å². The Hall–Kier alpha value is -3.48. The van der Waals surface area contributed by atoms with Gasteiger partial charge in [-0.15, -0.1) is 0 Å². The normalized spacial score (nSPS) is 11.3. The van der Waals surface area contributed by atoms with E-state index in [1.54, 1.807) is 18.3 Å². The molecule has 1 aromatic carbocycles. The van der Waals surface area contributed by atoms with Crippen LogP contribution >= 0.6 is 0 Å². The van der Waals surface area contributed by atoms with Crippen LogP contribution in [-0.4, -0.2) is 36.2 Å². The molecule has 0 amide bonds. The lowest BCUT2D eigenvalue weighted by molar-refractivity contribution is 0.475. The Morgan fingerprint density at radius 3 is 2.60 bits per heavy atom. The van der Waals surface area contributed by atoms with E-state index in [2.05, 4.69) is 46.7 Å². The molecular weight excluding hydrogens is 376 g/mol. The molecule has 0 atom stereocenters. The predicted molar refractivity (Wildman–Crippen MR) is 119 cm³/mol. The summed E-state index contributed by atoms with van der Waals surface area (Å²) in [6.07, 6.45) is 7.21. The fraction of sp³-hybridized carbons (Fsp3) is 0.304. The Morgan fingerprint density at radius 2 is 1.87 bits per heavy atom. The minimum Gasteiger partial charge on any atom is -0.508 e. The van der Waals surface area contributed by atoms with Crippen molar-refractivity contribution >= 4 is 17.0 Å². The summed E-state index contributed by atoms with van der Waals surface area (Å²) in [5.41, 5.74) is 4.75. The number of nitrogens with zero attached hydrogens (tertiary/aromatic N) is 5. The second-order valence-electron chi connectivity index (χ2n) is 7.59. The van der Waals surface area contributed by atoms with Crippen LogP contribution in [0.3, 0.4) is 0 Å². The predicted octanol–water partition coefficient (Wildman–Crippen LogP) is 4.39. The molecule has 2 N–H and O–H groups in total. The number of aromatic nitrogens is 5. The number of hydrogen-bond acceptors (Lipinski definition) is 6. The third kappa shape index (κ3) is 4.10. The number of rotatable bonds is 7. The molecule has 0 aliphatic carbocycles. The first-order chi connectivity index (χ1) is 14.5. The third-order valence-corrected chi connectivity index (χ3v) is 5.08. The molecule has 0 spiro atoms. The van der Waals surface area contributed by atoms with Crippen molar-refractivity contribution in [2.45, 2.75) is 39.7 Å². The topological polar surface area (TPSA) is 88.8 Å². The number of fused-ring (bicyclic) bond motifs is 1. The molecule has 4 aromatic rings. The van der Waals surface area contributed by atoms with Crippen molar-refractivity contribution in [1.82, 2.24) is 24.5 Å². The SMILES string of the molecule is CCc1cncc(-c2nc(NCCc3ccc(O)cc3)c3ncn(C(C)C)c3n2)c1. The molecule has 0 fully saturated rings.